The maximum Gasteiger partial charge on any atom is 0.260 e. The highest BCUT2D eigenvalue weighted by Crippen LogP contribution is 2.33. The molecular formula is C31H45ClN4O4S2. The standard InChI is InChI=1S/C31H44N4O4S2.ClH/c1-5-7-15-34(16-8-6-2)41(37,38)27-12-10-26(11-13-27)30(36)35(17-9-14-33-18-20-39-21-19-33)31-32-28-23-24(3)22-25(4)29(28)40-31;/h10-13,22-23H,5-9,14-21H2,1-4H3;1H. The van der Waals surface area contributed by atoms with Crippen molar-refractivity contribution >= 4 is 55.0 Å². The van der Waals surface area contributed by atoms with Gasteiger partial charge in [-0.15, -0.1) is 12.4 Å². The van der Waals surface area contributed by atoms with Gasteiger partial charge in [-0.3, -0.25) is 14.6 Å². The summed E-state index contributed by atoms with van der Waals surface area (Å²) in [6.07, 6.45) is 4.30. The number of hydrogen-bond donors (Lipinski definition) is 0. The molecule has 1 aliphatic heterocycles. The van der Waals surface area contributed by atoms with Gasteiger partial charge in [0.05, 0.1) is 28.3 Å². The third kappa shape index (κ3) is 8.51. The number of rotatable bonds is 14. The zero-order valence-electron chi connectivity index (χ0n) is 25.3. The van der Waals surface area contributed by atoms with Crippen LogP contribution in [0.15, 0.2) is 41.3 Å². The van der Waals surface area contributed by atoms with Gasteiger partial charge in [0.2, 0.25) is 10.0 Å². The van der Waals surface area contributed by atoms with E-state index in [4.69, 9.17) is 9.72 Å². The maximum atomic E-state index is 13.9. The van der Waals surface area contributed by atoms with Crippen LogP contribution in [0.25, 0.3) is 10.2 Å². The Balaban J connectivity index is 0.00000484. The molecule has 1 aromatic heterocycles. The lowest BCUT2D eigenvalue weighted by Gasteiger charge is -2.27. The molecule has 232 valence electrons. The zero-order valence-corrected chi connectivity index (χ0v) is 27.8. The molecule has 0 radical (unpaired) electrons. The van der Waals surface area contributed by atoms with Crippen molar-refractivity contribution < 1.29 is 17.9 Å². The van der Waals surface area contributed by atoms with Crippen LogP contribution in [0, 0.1) is 13.8 Å². The molecule has 11 heteroatoms. The number of fused-ring (bicyclic) bond motifs is 1. The minimum atomic E-state index is -3.63. The number of anilines is 1. The molecule has 1 aliphatic rings. The number of thiazole rings is 1. The summed E-state index contributed by atoms with van der Waals surface area (Å²) in [7, 11) is -3.63. The Morgan fingerprint density at radius 3 is 2.24 bits per heavy atom. The lowest BCUT2D eigenvalue weighted by Crippen LogP contribution is -2.39. The van der Waals surface area contributed by atoms with Gasteiger partial charge in [0, 0.05) is 44.8 Å². The summed E-state index contributed by atoms with van der Waals surface area (Å²) in [5.74, 6) is -0.168. The molecule has 0 atom stereocenters. The van der Waals surface area contributed by atoms with Crippen molar-refractivity contribution in [1.82, 2.24) is 14.2 Å². The van der Waals surface area contributed by atoms with E-state index in [1.54, 1.807) is 33.5 Å². The first kappa shape index (κ1) is 34.4. The van der Waals surface area contributed by atoms with E-state index >= 15 is 0 Å². The van der Waals surface area contributed by atoms with Gasteiger partial charge in [0.1, 0.15) is 0 Å². The van der Waals surface area contributed by atoms with Gasteiger partial charge in [-0.2, -0.15) is 4.31 Å². The molecule has 1 amide bonds. The smallest absolute Gasteiger partial charge is 0.260 e. The Labute approximate surface area is 261 Å². The van der Waals surface area contributed by atoms with E-state index in [9.17, 15) is 13.2 Å². The monoisotopic (exact) mass is 636 g/mol. The van der Waals surface area contributed by atoms with Gasteiger partial charge in [0.25, 0.3) is 5.91 Å². The average Bonchev–Trinajstić information content (AvgIpc) is 3.39. The van der Waals surface area contributed by atoms with Crippen molar-refractivity contribution in [3.63, 3.8) is 0 Å². The van der Waals surface area contributed by atoms with Crippen molar-refractivity contribution in [2.75, 3.05) is 57.4 Å². The Morgan fingerprint density at radius 2 is 1.62 bits per heavy atom. The van der Waals surface area contributed by atoms with Crippen LogP contribution < -0.4 is 4.90 Å². The van der Waals surface area contributed by atoms with Gasteiger partial charge in [0.15, 0.2) is 5.13 Å². The number of unbranched alkanes of at least 4 members (excludes halogenated alkanes) is 2. The number of hydrogen-bond acceptors (Lipinski definition) is 7. The average molecular weight is 637 g/mol. The second kappa shape index (κ2) is 16.1. The number of aryl methyl sites for hydroxylation is 2. The highest BCUT2D eigenvalue weighted by Gasteiger charge is 2.26. The normalized spacial score (nSPS) is 14.3. The summed E-state index contributed by atoms with van der Waals surface area (Å²) < 4.78 is 35.0. The molecule has 1 fully saturated rings. The van der Waals surface area contributed by atoms with Gasteiger partial charge in [-0.25, -0.2) is 13.4 Å². The highest BCUT2D eigenvalue weighted by atomic mass is 35.5. The molecule has 8 nitrogen and oxygen atoms in total. The lowest BCUT2D eigenvalue weighted by molar-refractivity contribution is 0.0376. The molecule has 0 spiro atoms. The Morgan fingerprint density at radius 1 is 0.976 bits per heavy atom. The number of amides is 1. The number of aromatic nitrogens is 1. The minimum absolute atomic E-state index is 0. The second-order valence-corrected chi connectivity index (χ2v) is 13.7. The van der Waals surface area contributed by atoms with E-state index in [2.05, 4.69) is 44.7 Å². The summed E-state index contributed by atoms with van der Waals surface area (Å²) in [6.45, 7) is 13.9. The maximum absolute atomic E-state index is 13.9. The van der Waals surface area contributed by atoms with E-state index in [0.717, 1.165) is 86.3 Å². The fourth-order valence-corrected chi connectivity index (χ4v) is 7.69. The van der Waals surface area contributed by atoms with Crippen LogP contribution >= 0.6 is 23.7 Å². The summed E-state index contributed by atoms with van der Waals surface area (Å²) >= 11 is 1.53. The number of morpholine rings is 1. The molecule has 4 rings (SSSR count). The SMILES string of the molecule is CCCCN(CCCC)S(=O)(=O)c1ccc(C(=O)N(CCCN2CCOCC2)c2nc3cc(C)cc(C)c3s2)cc1.Cl. The van der Waals surface area contributed by atoms with Crippen molar-refractivity contribution in [3.05, 3.63) is 53.1 Å². The largest absolute Gasteiger partial charge is 0.379 e. The highest BCUT2D eigenvalue weighted by molar-refractivity contribution is 7.89. The molecule has 2 heterocycles. The molecule has 0 aliphatic carbocycles. The van der Waals surface area contributed by atoms with Crippen molar-refractivity contribution in [3.8, 4) is 0 Å². The van der Waals surface area contributed by atoms with Crippen LogP contribution in [0.2, 0.25) is 0 Å². The van der Waals surface area contributed by atoms with E-state index in [-0.39, 0.29) is 23.2 Å². The summed E-state index contributed by atoms with van der Waals surface area (Å²) in [5.41, 5.74) is 3.64. The predicted molar refractivity (Wildman–Crippen MR) is 175 cm³/mol. The number of benzene rings is 2. The molecular weight excluding hydrogens is 592 g/mol. The van der Waals surface area contributed by atoms with E-state index in [1.807, 2.05) is 0 Å². The molecule has 2 aromatic carbocycles. The number of carbonyl (C=O) groups excluding carboxylic acids is 1. The molecule has 3 aromatic rings. The molecule has 0 bridgehead atoms. The third-order valence-electron chi connectivity index (χ3n) is 7.51. The fourth-order valence-electron chi connectivity index (χ4n) is 5.14. The van der Waals surface area contributed by atoms with Crippen LogP contribution in [0.4, 0.5) is 5.13 Å². The van der Waals surface area contributed by atoms with Gasteiger partial charge >= 0.3 is 0 Å². The molecule has 42 heavy (non-hydrogen) atoms. The molecule has 0 N–H and O–H groups in total. The quantitative estimate of drug-likeness (QED) is 0.207. The Kier molecular flexibility index (Phi) is 13.2. The minimum Gasteiger partial charge on any atom is -0.379 e. The summed E-state index contributed by atoms with van der Waals surface area (Å²) in [6, 6.07) is 10.6. The third-order valence-corrected chi connectivity index (χ3v) is 10.6. The Bertz CT molecular complexity index is 1400. The zero-order chi connectivity index (χ0) is 29.4. The predicted octanol–water partition coefficient (Wildman–Crippen LogP) is 6.29. The van der Waals surface area contributed by atoms with Crippen molar-refractivity contribution in [2.45, 2.75) is 64.7 Å². The summed E-state index contributed by atoms with van der Waals surface area (Å²) in [4.78, 5) is 23.2. The number of ether oxygens (including phenoxy) is 1. The van der Waals surface area contributed by atoms with Crippen LogP contribution in [0.3, 0.4) is 0 Å². The molecule has 0 unspecified atom stereocenters. The van der Waals surface area contributed by atoms with E-state index < -0.39 is 10.0 Å². The van der Waals surface area contributed by atoms with E-state index in [0.29, 0.717) is 30.3 Å². The van der Waals surface area contributed by atoms with Crippen LogP contribution in [0.5, 0.6) is 0 Å². The van der Waals surface area contributed by atoms with Gasteiger partial charge in [-0.05, 0) is 74.6 Å². The molecule has 1 saturated heterocycles. The van der Waals surface area contributed by atoms with Gasteiger partial charge < -0.3 is 4.74 Å². The van der Waals surface area contributed by atoms with Crippen molar-refractivity contribution in [1.29, 1.82) is 0 Å². The number of nitrogens with zero attached hydrogens (tertiary/aromatic N) is 4. The number of carbonyl (C=O) groups is 1. The topological polar surface area (TPSA) is 83.1 Å². The first-order valence-electron chi connectivity index (χ1n) is 14.8. The Hall–Kier alpha value is -2.08. The number of sulfonamides is 1. The van der Waals surface area contributed by atoms with Crippen LogP contribution in [-0.4, -0.2) is 81.0 Å². The first-order valence-corrected chi connectivity index (χ1v) is 17.1. The fraction of sp³-hybridized carbons (Fsp3) is 0.548. The number of halogens is 1. The second-order valence-electron chi connectivity index (χ2n) is 10.8. The van der Waals surface area contributed by atoms with Crippen molar-refractivity contribution in [2.24, 2.45) is 0 Å². The first-order chi connectivity index (χ1) is 19.7. The molecule has 0 saturated carbocycles. The lowest BCUT2D eigenvalue weighted by atomic mass is 10.1. The van der Waals surface area contributed by atoms with Gasteiger partial charge in [-0.1, -0.05) is 44.1 Å². The van der Waals surface area contributed by atoms with Crippen LogP contribution in [-0.2, 0) is 14.8 Å². The summed E-state index contributed by atoms with van der Waals surface area (Å²) in [5, 5.41) is 0.669. The van der Waals surface area contributed by atoms with E-state index in [1.165, 1.54) is 11.3 Å². The van der Waals surface area contributed by atoms with Crippen LogP contribution in [0.1, 0.15) is 67.4 Å².